The summed E-state index contributed by atoms with van der Waals surface area (Å²) in [5.41, 5.74) is 7.21. The molecule has 0 spiro atoms. The van der Waals surface area contributed by atoms with Crippen molar-refractivity contribution in [1.82, 2.24) is 5.43 Å². The van der Waals surface area contributed by atoms with Crippen LogP contribution in [-0.2, 0) is 11.1 Å². The molecule has 0 aromatic heterocycles. The van der Waals surface area contributed by atoms with Crippen LogP contribution in [0.25, 0.3) is 0 Å². The summed E-state index contributed by atoms with van der Waals surface area (Å²) < 4.78 is 3.43. The van der Waals surface area contributed by atoms with Gasteiger partial charge in [0.25, 0.3) is 0 Å². The Morgan fingerprint density at radius 2 is 2.57 bits per heavy atom. The molecule has 0 aliphatic rings. The number of nitrogens with one attached hydrogen (secondary N) is 1. The summed E-state index contributed by atoms with van der Waals surface area (Å²) in [7, 11) is 1.62. The van der Waals surface area contributed by atoms with E-state index in [0.29, 0.717) is 0 Å². The summed E-state index contributed by atoms with van der Waals surface area (Å²) in [5, 5.41) is 7.95. The maximum absolute atomic E-state index is 8.21. The predicted octanol–water partition coefficient (Wildman–Crippen LogP) is -1.01. The van der Waals surface area contributed by atoms with Crippen LogP contribution in [0.5, 0.6) is 0 Å². The second-order valence-electron chi connectivity index (χ2n) is 0.744. The van der Waals surface area contributed by atoms with Crippen LogP contribution in [0.2, 0.25) is 0 Å². The van der Waals surface area contributed by atoms with Crippen molar-refractivity contribution in [2.45, 2.75) is 0 Å². The molecule has 0 rings (SSSR count). The molecule has 0 unspecified atom stereocenters. The molecule has 0 saturated carbocycles. The average Bonchev–Trinajstić information content (AvgIpc) is 1.61. The Labute approximate surface area is 45.0 Å². The van der Waals surface area contributed by atoms with Gasteiger partial charge in [-0.15, -0.1) is 4.47 Å². The third-order valence-corrected chi connectivity index (χ3v) is 0.691. The average molecular weight is 121 g/mol. The lowest BCUT2D eigenvalue weighted by molar-refractivity contribution is 0.560. The number of nitrogens with zero attached hydrogens (tertiary/aromatic N) is 1. The van der Waals surface area contributed by atoms with E-state index in [1.807, 2.05) is 0 Å². The lowest BCUT2D eigenvalue weighted by Crippen LogP contribution is -2.08. The molecule has 0 amide bonds. The van der Waals surface area contributed by atoms with Crippen LogP contribution in [0.1, 0.15) is 0 Å². The summed E-state index contributed by atoms with van der Waals surface area (Å²) in [5.74, 6) is 0. The van der Waals surface area contributed by atoms with E-state index in [0.717, 1.165) is 11.1 Å². The predicted molar refractivity (Wildman–Crippen MR) is 30.7 cm³/mol. The Hall–Kier alpha value is -0.230. The van der Waals surface area contributed by atoms with Crippen molar-refractivity contribution in [3.05, 3.63) is 0 Å². The molecule has 0 aliphatic heterocycles. The van der Waals surface area contributed by atoms with Crippen LogP contribution in [0.15, 0.2) is 4.47 Å². The van der Waals surface area contributed by atoms with Gasteiger partial charge in [-0.1, -0.05) is 0 Å². The van der Waals surface area contributed by atoms with Crippen LogP contribution >= 0.6 is 0 Å². The molecule has 5 heteroatoms. The number of nitrogens with two attached hydrogens (primary N) is 1. The second-order valence-corrected chi connectivity index (χ2v) is 1.53. The Kier molecular flexibility index (Phi) is 3.81. The van der Waals surface area contributed by atoms with Gasteiger partial charge in [0.2, 0.25) is 0 Å². The van der Waals surface area contributed by atoms with Crippen LogP contribution < -0.4 is 11.2 Å². The number of aliphatic hydroxyl groups is 1. The van der Waals surface area contributed by atoms with Crippen LogP contribution in [-0.4, -0.2) is 17.3 Å². The topological polar surface area (TPSA) is 70.6 Å². The first kappa shape index (κ1) is 6.77. The lowest BCUT2D eigenvalue weighted by Gasteiger charge is -1.75. The lowest BCUT2D eigenvalue weighted by atomic mass is 11.4. The molecule has 7 heavy (non-hydrogen) atoms. The fraction of sp³-hybridized carbons (Fsp3) is 0.500. The standard InChI is InChI=1S/C2H7N3OS/c1-4-5-7-2(3)6/h4,6H,3H2,1H3. The highest BCUT2D eigenvalue weighted by Gasteiger charge is 1.66. The van der Waals surface area contributed by atoms with Crippen molar-refractivity contribution in [3.63, 3.8) is 0 Å². The van der Waals surface area contributed by atoms with Gasteiger partial charge in [-0.3, -0.25) is 5.73 Å². The molecule has 0 bridgehead atoms. The molecule has 0 radical (unpaired) electrons. The minimum absolute atomic E-state index is 0.255. The molecule has 42 valence electrons. The number of aliphatic hydroxyl groups excluding tert-OH is 1. The van der Waals surface area contributed by atoms with E-state index < -0.39 is 0 Å². The van der Waals surface area contributed by atoms with Gasteiger partial charge >= 0.3 is 0 Å². The molecule has 4 N–H and O–H groups in total. The molecule has 0 heterocycles. The Morgan fingerprint density at radius 3 is 2.71 bits per heavy atom. The van der Waals surface area contributed by atoms with E-state index in [9.17, 15) is 0 Å². The van der Waals surface area contributed by atoms with Crippen LogP contribution in [0, 0.1) is 0 Å². The first-order chi connectivity index (χ1) is 3.27. The highest BCUT2D eigenvalue weighted by molar-refractivity contribution is 7.68. The summed E-state index contributed by atoms with van der Waals surface area (Å²) in [6.45, 7) is 0. The minimum Gasteiger partial charge on any atom is -0.342 e. The molecular formula is C2H7N3OS. The fourth-order valence-electron chi connectivity index (χ4n) is 0.0924. The second kappa shape index (κ2) is 3.94. The molecule has 0 saturated heterocycles. The highest BCUT2D eigenvalue weighted by atomic mass is 32.1. The Bertz CT molecular complexity index is 102. The summed E-state index contributed by atoms with van der Waals surface area (Å²) in [6.07, 6.45) is 0. The van der Waals surface area contributed by atoms with Crippen molar-refractivity contribution < 1.29 is 5.11 Å². The van der Waals surface area contributed by atoms with Crippen molar-refractivity contribution in [2.24, 2.45) is 10.2 Å². The zero-order valence-electron chi connectivity index (χ0n) is 3.88. The smallest absolute Gasteiger partial charge is 0.190 e. The van der Waals surface area contributed by atoms with Gasteiger partial charge in [0.1, 0.15) is 0 Å². The number of rotatable bonds is 1. The maximum Gasteiger partial charge on any atom is 0.190 e. The number of hydrogen-bond donors (Lipinski definition) is 3. The van der Waals surface area contributed by atoms with Crippen LogP contribution in [0.4, 0.5) is 0 Å². The van der Waals surface area contributed by atoms with Gasteiger partial charge in [-0.2, -0.15) is 0 Å². The Balaban J connectivity index is 3.62. The molecular weight excluding hydrogens is 114 g/mol. The van der Waals surface area contributed by atoms with Gasteiger partial charge < -0.3 is 5.11 Å². The van der Waals surface area contributed by atoms with Crippen molar-refractivity contribution in [3.8, 4) is 0 Å². The van der Waals surface area contributed by atoms with E-state index in [1.54, 1.807) is 7.05 Å². The molecule has 4 nitrogen and oxygen atoms in total. The van der Waals surface area contributed by atoms with Gasteiger partial charge in [0.15, 0.2) is 5.17 Å². The number of hydrogen-bond acceptors (Lipinski definition) is 1. The molecule has 0 aromatic carbocycles. The van der Waals surface area contributed by atoms with Gasteiger partial charge in [-0.25, -0.2) is 5.43 Å². The monoisotopic (exact) mass is 121 g/mol. The van der Waals surface area contributed by atoms with Gasteiger partial charge in [0, 0.05) is 18.2 Å². The van der Waals surface area contributed by atoms with E-state index in [-0.39, 0.29) is 5.17 Å². The SMILES string of the molecule is CNN=S=C(N)O. The maximum atomic E-state index is 8.21. The molecule has 0 fully saturated rings. The van der Waals surface area contributed by atoms with E-state index in [4.69, 9.17) is 10.8 Å². The van der Waals surface area contributed by atoms with E-state index in [1.165, 1.54) is 0 Å². The normalized spacial score (nSPS) is 7.86. The third kappa shape index (κ3) is 5.77. The molecule has 0 aliphatic carbocycles. The third-order valence-electron chi connectivity index (χ3n) is 0.230. The minimum atomic E-state index is -0.255. The summed E-state index contributed by atoms with van der Waals surface area (Å²) in [6, 6.07) is 0. The molecule has 0 aromatic rings. The largest absolute Gasteiger partial charge is 0.342 e. The van der Waals surface area contributed by atoms with Crippen molar-refractivity contribution >= 4 is 16.3 Å². The van der Waals surface area contributed by atoms with Crippen LogP contribution in [0.3, 0.4) is 0 Å². The highest BCUT2D eigenvalue weighted by Crippen LogP contribution is 1.46. The van der Waals surface area contributed by atoms with E-state index >= 15 is 0 Å². The first-order valence-electron chi connectivity index (χ1n) is 1.62. The van der Waals surface area contributed by atoms with Gasteiger partial charge in [-0.05, 0) is 0 Å². The Morgan fingerprint density at radius 1 is 2.00 bits per heavy atom. The zero-order chi connectivity index (χ0) is 5.70. The van der Waals surface area contributed by atoms with Crippen molar-refractivity contribution in [2.75, 3.05) is 7.05 Å². The molecule has 0 atom stereocenters. The fourth-order valence-corrected chi connectivity index (χ4v) is 0.277. The summed E-state index contributed by atoms with van der Waals surface area (Å²) >= 11 is 0.795. The van der Waals surface area contributed by atoms with E-state index in [2.05, 4.69) is 9.90 Å². The zero-order valence-corrected chi connectivity index (χ0v) is 4.70. The quantitative estimate of drug-likeness (QED) is 0.307. The van der Waals surface area contributed by atoms with Gasteiger partial charge in [0.05, 0.1) is 0 Å². The van der Waals surface area contributed by atoms with Crippen molar-refractivity contribution in [1.29, 1.82) is 0 Å². The first-order valence-corrected chi connectivity index (χ1v) is 2.40. The summed E-state index contributed by atoms with van der Waals surface area (Å²) in [4.78, 5) is 0.